The van der Waals surface area contributed by atoms with Gasteiger partial charge in [-0.2, -0.15) is 0 Å². The molecule has 1 amide bonds. The molecule has 24 heavy (non-hydrogen) atoms. The first-order chi connectivity index (χ1) is 11.1. The van der Waals surface area contributed by atoms with E-state index in [2.05, 4.69) is 20.9 Å². The van der Waals surface area contributed by atoms with E-state index in [1.807, 2.05) is 38.1 Å². The topological polar surface area (TPSA) is 65.5 Å². The van der Waals surface area contributed by atoms with Crippen molar-refractivity contribution < 1.29 is 4.79 Å². The normalized spacial score (nSPS) is 15.1. The van der Waals surface area contributed by atoms with Crippen LogP contribution in [0.5, 0.6) is 0 Å². The third-order valence-electron chi connectivity index (χ3n) is 4.13. The van der Waals surface area contributed by atoms with Gasteiger partial charge < -0.3 is 16.0 Å². The lowest BCUT2D eigenvalue weighted by molar-refractivity contribution is -0.118. The Labute approximate surface area is 162 Å². The summed E-state index contributed by atoms with van der Waals surface area (Å²) >= 11 is 0. The van der Waals surface area contributed by atoms with Crippen LogP contribution in [0.3, 0.4) is 0 Å². The molecule has 0 unspecified atom stereocenters. The smallest absolute Gasteiger partial charge is 0.226 e. The minimum Gasteiger partial charge on any atom is -0.354 e. The first kappa shape index (κ1) is 20.7. The lowest BCUT2D eigenvalue weighted by atomic mass is 10.1. The number of halogens is 1. The molecule has 5 nitrogen and oxygen atoms in total. The molecule has 0 bridgehead atoms. The number of nitrogens with zero attached hydrogens (tertiary/aromatic N) is 1. The summed E-state index contributed by atoms with van der Waals surface area (Å²) in [5, 5.41) is 9.71. The summed E-state index contributed by atoms with van der Waals surface area (Å²) in [4.78, 5) is 15.9. The van der Waals surface area contributed by atoms with E-state index in [9.17, 15) is 4.79 Å². The monoisotopic (exact) mass is 444 g/mol. The number of nitrogens with one attached hydrogen (secondary N) is 3. The predicted molar refractivity (Wildman–Crippen MR) is 111 cm³/mol. The van der Waals surface area contributed by atoms with Gasteiger partial charge in [0.1, 0.15) is 0 Å². The predicted octanol–water partition coefficient (Wildman–Crippen LogP) is 3.51. The van der Waals surface area contributed by atoms with Crippen molar-refractivity contribution in [3.05, 3.63) is 29.8 Å². The van der Waals surface area contributed by atoms with Crippen molar-refractivity contribution >= 4 is 41.5 Å². The van der Waals surface area contributed by atoms with E-state index in [4.69, 9.17) is 0 Å². The van der Waals surface area contributed by atoms with Crippen LogP contribution in [0.4, 0.5) is 5.69 Å². The average molecular weight is 444 g/mol. The molecular formula is C18H29IN4O. The summed E-state index contributed by atoms with van der Waals surface area (Å²) in [7, 11) is 1.80. The molecule has 1 aliphatic carbocycles. The number of rotatable bonds is 5. The molecule has 0 aliphatic heterocycles. The molecule has 134 valence electrons. The number of hydrogen-bond acceptors (Lipinski definition) is 2. The highest BCUT2D eigenvalue weighted by Gasteiger charge is 2.15. The summed E-state index contributed by atoms with van der Waals surface area (Å²) < 4.78 is 0. The maximum Gasteiger partial charge on any atom is 0.226 e. The van der Waals surface area contributed by atoms with Gasteiger partial charge in [0, 0.05) is 31.2 Å². The molecule has 0 saturated heterocycles. The fourth-order valence-corrected chi connectivity index (χ4v) is 2.64. The second-order valence-electron chi connectivity index (χ2n) is 6.39. The zero-order valence-electron chi connectivity index (χ0n) is 14.8. The van der Waals surface area contributed by atoms with Gasteiger partial charge in [0.15, 0.2) is 5.96 Å². The lowest BCUT2D eigenvalue weighted by Gasteiger charge is -2.17. The van der Waals surface area contributed by atoms with Gasteiger partial charge in [-0.15, -0.1) is 24.0 Å². The van der Waals surface area contributed by atoms with E-state index >= 15 is 0 Å². The van der Waals surface area contributed by atoms with E-state index in [1.54, 1.807) is 7.05 Å². The molecule has 1 fully saturated rings. The number of amides is 1. The maximum absolute atomic E-state index is 11.7. The zero-order chi connectivity index (χ0) is 16.7. The van der Waals surface area contributed by atoms with Crippen LogP contribution in [0.1, 0.15) is 45.1 Å². The van der Waals surface area contributed by atoms with E-state index in [0.29, 0.717) is 12.6 Å². The number of guanidine groups is 1. The van der Waals surface area contributed by atoms with Gasteiger partial charge in [0.2, 0.25) is 5.91 Å². The van der Waals surface area contributed by atoms with Crippen LogP contribution in [-0.2, 0) is 11.3 Å². The van der Waals surface area contributed by atoms with Gasteiger partial charge in [-0.05, 0) is 30.5 Å². The molecule has 0 radical (unpaired) electrons. The third-order valence-corrected chi connectivity index (χ3v) is 4.13. The van der Waals surface area contributed by atoms with Gasteiger partial charge in [-0.25, -0.2) is 0 Å². The molecule has 0 atom stereocenters. The first-order valence-corrected chi connectivity index (χ1v) is 8.45. The average Bonchev–Trinajstić information content (AvgIpc) is 3.05. The summed E-state index contributed by atoms with van der Waals surface area (Å²) in [6.07, 6.45) is 5.06. The number of benzene rings is 1. The Kier molecular flexibility index (Phi) is 9.10. The Balaban J connectivity index is 0.00000288. The van der Waals surface area contributed by atoms with Crippen molar-refractivity contribution in [3.63, 3.8) is 0 Å². The molecule has 1 aromatic rings. The molecule has 0 spiro atoms. The fourth-order valence-electron chi connectivity index (χ4n) is 2.64. The fraction of sp³-hybridized carbons (Fsp3) is 0.556. The molecule has 2 rings (SSSR count). The summed E-state index contributed by atoms with van der Waals surface area (Å²) in [5.41, 5.74) is 1.99. The summed E-state index contributed by atoms with van der Waals surface area (Å²) in [5.74, 6) is 0.882. The Morgan fingerprint density at radius 1 is 1.21 bits per heavy atom. The van der Waals surface area contributed by atoms with Gasteiger partial charge in [0.05, 0.1) is 0 Å². The highest BCUT2D eigenvalue weighted by Crippen LogP contribution is 2.17. The van der Waals surface area contributed by atoms with Crippen molar-refractivity contribution in [2.45, 2.75) is 52.1 Å². The minimum absolute atomic E-state index is 0. The van der Waals surface area contributed by atoms with Gasteiger partial charge in [-0.3, -0.25) is 9.79 Å². The minimum atomic E-state index is -0.0127. The molecule has 1 saturated carbocycles. The quantitative estimate of drug-likeness (QED) is 0.370. The van der Waals surface area contributed by atoms with E-state index in [0.717, 1.165) is 17.2 Å². The van der Waals surface area contributed by atoms with Crippen LogP contribution in [0.25, 0.3) is 0 Å². The Morgan fingerprint density at radius 2 is 1.83 bits per heavy atom. The zero-order valence-corrected chi connectivity index (χ0v) is 17.1. The van der Waals surface area contributed by atoms with E-state index in [1.165, 1.54) is 25.7 Å². The Morgan fingerprint density at radius 3 is 2.38 bits per heavy atom. The highest BCUT2D eigenvalue weighted by molar-refractivity contribution is 14.0. The molecule has 0 aromatic heterocycles. The molecular weight excluding hydrogens is 415 g/mol. The van der Waals surface area contributed by atoms with Crippen LogP contribution in [0.15, 0.2) is 29.3 Å². The number of aliphatic imine (C=N–C) groups is 1. The van der Waals surface area contributed by atoms with Gasteiger partial charge in [0.25, 0.3) is 0 Å². The number of carbonyl (C=O) groups excluding carboxylic acids is 1. The lowest BCUT2D eigenvalue weighted by Crippen LogP contribution is -2.41. The maximum atomic E-state index is 11.7. The number of hydrogen-bond donors (Lipinski definition) is 3. The third kappa shape index (κ3) is 6.67. The van der Waals surface area contributed by atoms with E-state index in [-0.39, 0.29) is 35.8 Å². The van der Waals surface area contributed by atoms with Gasteiger partial charge >= 0.3 is 0 Å². The van der Waals surface area contributed by atoms with Crippen LogP contribution in [0, 0.1) is 5.92 Å². The second-order valence-corrected chi connectivity index (χ2v) is 6.39. The summed E-state index contributed by atoms with van der Waals surface area (Å²) in [6, 6.07) is 8.46. The standard InChI is InChI=1S/C18H28N4O.HI/c1-13(2)17(23)21-16-10-8-14(9-11-16)12-20-18(19-3)22-15-6-4-5-7-15;/h8-11,13,15H,4-7,12H2,1-3H3,(H,21,23)(H2,19,20,22);1H. The van der Waals surface area contributed by atoms with E-state index < -0.39 is 0 Å². The van der Waals surface area contributed by atoms with Crippen molar-refractivity contribution in [2.75, 3.05) is 12.4 Å². The Bertz CT molecular complexity index is 536. The molecule has 3 N–H and O–H groups in total. The SMILES string of the molecule is CN=C(NCc1ccc(NC(=O)C(C)C)cc1)NC1CCCC1.I. The molecule has 0 heterocycles. The second kappa shape index (κ2) is 10.5. The van der Waals surface area contributed by atoms with Crippen LogP contribution < -0.4 is 16.0 Å². The largest absolute Gasteiger partial charge is 0.354 e. The van der Waals surface area contributed by atoms with Crippen molar-refractivity contribution in [1.29, 1.82) is 0 Å². The Hall–Kier alpha value is -1.31. The number of carbonyl (C=O) groups is 1. The first-order valence-electron chi connectivity index (χ1n) is 8.45. The highest BCUT2D eigenvalue weighted by atomic mass is 127. The van der Waals surface area contributed by atoms with Crippen molar-refractivity contribution in [1.82, 2.24) is 10.6 Å². The van der Waals surface area contributed by atoms with Crippen LogP contribution in [0.2, 0.25) is 0 Å². The molecule has 1 aromatic carbocycles. The van der Waals surface area contributed by atoms with Crippen LogP contribution >= 0.6 is 24.0 Å². The molecule has 6 heteroatoms. The molecule has 1 aliphatic rings. The van der Waals surface area contributed by atoms with Crippen molar-refractivity contribution in [3.8, 4) is 0 Å². The van der Waals surface area contributed by atoms with Crippen molar-refractivity contribution in [2.24, 2.45) is 10.9 Å². The van der Waals surface area contributed by atoms with Gasteiger partial charge in [-0.1, -0.05) is 38.8 Å². The number of anilines is 1. The van der Waals surface area contributed by atoms with Crippen LogP contribution in [-0.4, -0.2) is 25.0 Å². The summed E-state index contributed by atoms with van der Waals surface area (Å²) in [6.45, 7) is 4.48.